The Labute approximate surface area is 188 Å². The van der Waals surface area contributed by atoms with E-state index in [1.54, 1.807) is 29.2 Å². The van der Waals surface area contributed by atoms with E-state index < -0.39 is 6.04 Å². The summed E-state index contributed by atoms with van der Waals surface area (Å²) in [6.07, 6.45) is 7.76. The van der Waals surface area contributed by atoms with Gasteiger partial charge in [0.15, 0.2) is 0 Å². The second kappa shape index (κ2) is 11.1. The van der Waals surface area contributed by atoms with Crippen molar-refractivity contribution >= 4 is 41.1 Å². The lowest BCUT2D eigenvalue weighted by Crippen LogP contribution is -2.60. The van der Waals surface area contributed by atoms with Gasteiger partial charge < -0.3 is 19.8 Å². The number of benzene rings is 1. The van der Waals surface area contributed by atoms with Crippen LogP contribution in [0.25, 0.3) is 6.08 Å². The van der Waals surface area contributed by atoms with Gasteiger partial charge in [0, 0.05) is 25.7 Å². The van der Waals surface area contributed by atoms with Crippen molar-refractivity contribution in [2.24, 2.45) is 0 Å². The van der Waals surface area contributed by atoms with Gasteiger partial charge in [-0.05, 0) is 62.7 Å². The number of halogens is 2. The fourth-order valence-corrected chi connectivity index (χ4v) is 4.35. The average Bonchev–Trinajstić information content (AvgIpc) is 2.76. The zero-order valence-corrected chi connectivity index (χ0v) is 18.6. The zero-order valence-electron chi connectivity index (χ0n) is 17.1. The second-order valence-electron chi connectivity index (χ2n) is 7.82. The maximum atomic E-state index is 12.8. The van der Waals surface area contributed by atoms with E-state index in [1.807, 2.05) is 0 Å². The minimum atomic E-state index is -0.834. The molecule has 0 bridgehead atoms. The number of rotatable bonds is 7. The molecule has 0 radical (unpaired) electrons. The third kappa shape index (κ3) is 5.97. The quantitative estimate of drug-likeness (QED) is 0.644. The van der Waals surface area contributed by atoms with Gasteiger partial charge in [0.05, 0.1) is 16.7 Å². The minimum absolute atomic E-state index is 0.182. The van der Waals surface area contributed by atoms with E-state index in [4.69, 9.17) is 23.2 Å². The van der Waals surface area contributed by atoms with E-state index in [-0.39, 0.29) is 18.4 Å². The largest absolute Gasteiger partial charge is 0.394 e. The van der Waals surface area contributed by atoms with Crippen LogP contribution in [0.15, 0.2) is 24.3 Å². The van der Waals surface area contributed by atoms with E-state index in [0.29, 0.717) is 29.7 Å². The van der Waals surface area contributed by atoms with Crippen molar-refractivity contribution < 1.29 is 14.7 Å². The number of piperidine rings is 1. The minimum Gasteiger partial charge on any atom is -0.394 e. The molecule has 2 heterocycles. The van der Waals surface area contributed by atoms with E-state index in [0.717, 1.165) is 31.6 Å². The molecule has 2 amide bonds. The molecule has 3 rings (SSSR count). The van der Waals surface area contributed by atoms with Gasteiger partial charge in [-0.2, -0.15) is 0 Å². The average molecular weight is 454 g/mol. The Bertz CT molecular complexity index is 781. The van der Waals surface area contributed by atoms with E-state index in [2.05, 4.69) is 4.90 Å². The van der Waals surface area contributed by atoms with Gasteiger partial charge in [-0.3, -0.25) is 9.59 Å². The van der Waals surface area contributed by atoms with Gasteiger partial charge in [-0.1, -0.05) is 35.7 Å². The number of aliphatic hydroxyl groups is 1. The second-order valence-corrected chi connectivity index (χ2v) is 8.63. The molecule has 8 heteroatoms. The summed E-state index contributed by atoms with van der Waals surface area (Å²) in [4.78, 5) is 31.1. The summed E-state index contributed by atoms with van der Waals surface area (Å²) in [5.74, 6) is -0.486. The Morgan fingerprint density at radius 1 is 1.07 bits per heavy atom. The Morgan fingerprint density at radius 3 is 2.53 bits per heavy atom. The molecule has 1 atom stereocenters. The molecule has 2 aliphatic heterocycles. The highest BCUT2D eigenvalue weighted by Crippen LogP contribution is 2.23. The Balaban J connectivity index is 1.54. The lowest BCUT2D eigenvalue weighted by atomic mass is 10.1. The number of nitrogens with zero attached hydrogens (tertiary/aromatic N) is 3. The molecule has 2 fully saturated rings. The molecule has 1 N–H and O–H groups in total. The lowest BCUT2D eigenvalue weighted by Gasteiger charge is -2.39. The van der Waals surface area contributed by atoms with Gasteiger partial charge in [0.25, 0.3) is 0 Å². The Hall–Kier alpha value is -1.60. The Kier molecular flexibility index (Phi) is 8.57. The molecule has 164 valence electrons. The molecule has 0 aliphatic carbocycles. The van der Waals surface area contributed by atoms with E-state index >= 15 is 0 Å². The van der Waals surface area contributed by atoms with Crippen molar-refractivity contribution in [2.75, 3.05) is 45.9 Å². The first-order valence-corrected chi connectivity index (χ1v) is 11.3. The first kappa shape index (κ1) is 23.1. The predicted molar refractivity (Wildman–Crippen MR) is 120 cm³/mol. The number of hydrogen-bond acceptors (Lipinski definition) is 4. The van der Waals surface area contributed by atoms with E-state index in [9.17, 15) is 14.7 Å². The maximum Gasteiger partial charge on any atom is 0.247 e. The molecule has 30 heavy (non-hydrogen) atoms. The summed E-state index contributed by atoms with van der Waals surface area (Å²) >= 11 is 11.9. The maximum absolute atomic E-state index is 12.8. The van der Waals surface area contributed by atoms with Crippen molar-refractivity contribution in [3.05, 3.63) is 39.9 Å². The smallest absolute Gasteiger partial charge is 0.247 e. The van der Waals surface area contributed by atoms with Gasteiger partial charge >= 0.3 is 0 Å². The molecule has 2 saturated heterocycles. The van der Waals surface area contributed by atoms with Crippen molar-refractivity contribution in [3.63, 3.8) is 0 Å². The van der Waals surface area contributed by atoms with Crippen LogP contribution in [0, 0.1) is 0 Å². The number of likely N-dealkylation sites (tertiary alicyclic amines) is 1. The van der Waals surface area contributed by atoms with Crippen molar-refractivity contribution in [1.82, 2.24) is 14.7 Å². The monoisotopic (exact) mass is 453 g/mol. The number of aliphatic hydroxyl groups excluding tert-OH is 1. The summed E-state index contributed by atoms with van der Waals surface area (Å²) < 4.78 is 0. The van der Waals surface area contributed by atoms with Crippen LogP contribution in [-0.4, -0.2) is 83.5 Å². The molecule has 6 nitrogen and oxygen atoms in total. The fourth-order valence-electron chi connectivity index (χ4n) is 4.05. The lowest BCUT2D eigenvalue weighted by molar-refractivity contribution is -0.151. The third-order valence-electron chi connectivity index (χ3n) is 5.75. The van der Waals surface area contributed by atoms with Crippen molar-refractivity contribution in [2.45, 2.75) is 31.7 Å². The van der Waals surface area contributed by atoms with Crippen molar-refractivity contribution in [1.29, 1.82) is 0 Å². The SMILES string of the molecule is O=C1[C@H](CO)N(C(=O)C=Cc2ccc(Cl)c(Cl)c2)CCN1CCCN1CCCCC1. The zero-order chi connectivity index (χ0) is 21.5. The summed E-state index contributed by atoms with van der Waals surface area (Å²) in [6.45, 7) is 4.44. The molecule has 0 saturated carbocycles. The summed E-state index contributed by atoms with van der Waals surface area (Å²) in [7, 11) is 0. The number of hydrogen-bond donors (Lipinski definition) is 1. The molecular weight excluding hydrogens is 425 g/mol. The Morgan fingerprint density at radius 2 is 1.83 bits per heavy atom. The van der Waals surface area contributed by atoms with Crippen LogP contribution in [0.3, 0.4) is 0 Å². The summed E-state index contributed by atoms with van der Waals surface area (Å²) in [6, 6.07) is 4.26. The number of carbonyl (C=O) groups excluding carboxylic acids is 2. The highest BCUT2D eigenvalue weighted by Gasteiger charge is 2.36. The molecule has 0 spiro atoms. The molecule has 0 unspecified atom stereocenters. The van der Waals surface area contributed by atoms with Gasteiger partial charge in [-0.25, -0.2) is 0 Å². The van der Waals surface area contributed by atoms with E-state index in [1.165, 1.54) is 30.2 Å². The van der Waals surface area contributed by atoms with Gasteiger partial charge in [-0.15, -0.1) is 0 Å². The third-order valence-corrected chi connectivity index (χ3v) is 6.49. The highest BCUT2D eigenvalue weighted by atomic mass is 35.5. The van der Waals surface area contributed by atoms with Gasteiger partial charge in [0.1, 0.15) is 6.04 Å². The molecule has 1 aromatic rings. The predicted octanol–water partition coefficient (Wildman–Crippen LogP) is 2.91. The van der Waals surface area contributed by atoms with Crippen LogP contribution in [0.2, 0.25) is 10.0 Å². The summed E-state index contributed by atoms with van der Waals surface area (Å²) in [5.41, 5.74) is 0.737. The van der Waals surface area contributed by atoms with Crippen LogP contribution < -0.4 is 0 Å². The summed E-state index contributed by atoms with van der Waals surface area (Å²) in [5, 5.41) is 10.6. The first-order chi connectivity index (χ1) is 14.5. The fraction of sp³-hybridized carbons (Fsp3) is 0.545. The van der Waals surface area contributed by atoms with Crippen LogP contribution in [0.4, 0.5) is 0 Å². The van der Waals surface area contributed by atoms with Crippen molar-refractivity contribution in [3.8, 4) is 0 Å². The van der Waals surface area contributed by atoms with Crippen LogP contribution in [0.1, 0.15) is 31.2 Å². The highest BCUT2D eigenvalue weighted by molar-refractivity contribution is 6.42. The van der Waals surface area contributed by atoms with Gasteiger partial charge in [0.2, 0.25) is 11.8 Å². The number of amides is 2. The van der Waals surface area contributed by atoms with Crippen LogP contribution in [-0.2, 0) is 9.59 Å². The molecule has 1 aromatic carbocycles. The van der Waals surface area contributed by atoms with Crippen LogP contribution in [0.5, 0.6) is 0 Å². The molecule has 2 aliphatic rings. The number of piperazine rings is 1. The standard InChI is InChI=1S/C22H29Cl2N3O3/c23-18-7-5-17(15-19(18)24)6-8-21(29)27-14-13-26(22(30)20(27)16-28)12-4-11-25-9-2-1-3-10-25/h5-8,15,20,28H,1-4,9-14,16H2/t20-/m0/s1. The molecule has 0 aromatic heterocycles. The normalized spacial score (nSPS) is 20.9. The first-order valence-electron chi connectivity index (χ1n) is 10.6. The van der Waals surface area contributed by atoms with Crippen LogP contribution >= 0.6 is 23.2 Å². The number of carbonyl (C=O) groups is 2. The molecular formula is C22H29Cl2N3O3. The topological polar surface area (TPSA) is 64.1 Å².